The van der Waals surface area contributed by atoms with Gasteiger partial charge >= 0.3 is 0 Å². The largest absolute Gasteiger partial charge is 0.493 e. The predicted molar refractivity (Wildman–Crippen MR) is 114 cm³/mol. The van der Waals surface area contributed by atoms with E-state index in [1.54, 1.807) is 32.7 Å². The summed E-state index contributed by atoms with van der Waals surface area (Å²) in [5.41, 5.74) is 1.98. The molecule has 0 aliphatic heterocycles. The van der Waals surface area contributed by atoms with Crippen LogP contribution in [0.4, 0.5) is 0 Å². The molecule has 0 amide bonds. The van der Waals surface area contributed by atoms with Crippen LogP contribution in [0.15, 0.2) is 22.5 Å². The van der Waals surface area contributed by atoms with Crippen LogP contribution in [0.1, 0.15) is 43.0 Å². The van der Waals surface area contributed by atoms with E-state index >= 15 is 0 Å². The molecule has 0 radical (unpaired) electrons. The highest BCUT2D eigenvalue weighted by atomic mass is 32.1. The lowest BCUT2D eigenvalue weighted by Gasteiger charge is -2.14. The SMILES string of the molecule is CCNC(=NCc1cc(OC)c(OC)c(OC)c1)NCc1csc(C(C)C)n1. The molecule has 2 aromatic rings. The van der Waals surface area contributed by atoms with E-state index in [1.165, 1.54) is 0 Å². The Kier molecular flexibility index (Phi) is 8.38. The van der Waals surface area contributed by atoms with E-state index in [0.29, 0.717) is 36.3 Å². The standard InChI is InChI=1S/C20H30N4O3S/c1-7-21-20(23-11-15-12-28-19(24-15)13(2)3)22-10-14-8-16(25-4)18(27-6)17(9-14)26-5/h8-9,12-13H,7,10-11H2,1-6H3,(H2,21,22,23). The van der Waals surface area contributed by atoms with Gasteiger partial charge < -0.3 is 24.8 Å². The molecular formula is C20H30N4O3S. The van der Waals surface area contributed by atoms with Crippen LogP contribution >= 0.6 is 11.3 Å². The number of thiazole rings is 1. The van der Waals surface area contributed by atoms with E-state index in [0.717, 1.165) is 28.8 Å². The van der Waals surface area contributed by atoms with E-state index in [-0.39, 0.29) is 0 Å². The monoisotopic (exact) mass is 406 g/mol. The van der Waals surface area contributed by atoms with Crippen molar-refractivity contribution in [3.8, 4) is 17.2 Å². The first-order chi connectivity index (χ1) is 13.5. The fourth-order valence-electron chi connectivity index (χ4n) is 2.58. The summed E-state index contributed by atoms with van der Waals surface area (Å²) in [6, 6.07) is 3.81. The third kappa shape index (κ3) is 5.76. The first-order valence-electron chi connectivity index (χ1n) is 9.27. The first kappa shape index (κ1) is 21.8. The van der Waals surface area contributed by atoms with Crippen molar-refractivity contribution in [3.63, 3.8) is 0 Å². The summed E-state index contributed by atoms with van der Waals surface area (Å²) in [5.74, 6) is 2.99. The van der Waals surface area contributed by atoms with Crippen LogP contribution in [0.3, 0.4) is 0 Å². The molecule has 0 aliphatic carbocycles. The third-order valence-corrected chi connectivity index (χ3v) is 5.18. The second kappa shape index (κ2) is 10.8. The van der Waals surface area contributed by atoms with E-state index in [1.807, 2.05) is 19.1 Å². The van der Waals surface area contributed by atoms with Gasteiger partial charge in [0.15, 0.2) is 17.5 Å². The quantitative estimate of drug-likeness (QED) is 0.490. The number of nitrogens with zero attached hydrogens (tertiary/aromatic N) is 2. The van der Waals surface area contributed by atoms with Crippen LogP contribution in [-0.4, -0.2) is 38.8 Å². The lowest BCUT2D eigenvalue weighted by molar-refractivity contribution is 0.324. The van der Waals surface area contributed by atoms with Gasteiger partial charge in [0.1, 0.15) is 0 Å². The average molecular weight is 407 g/mol. The minimum Gasteiger partial charge on any atom is -0.493 e. The number of aliphatic imine (C=N–C) groups is 1. The number of aromatic nitrogens is 1. The van der Waals surface area contributed by atoms with Gasteiger partial charge in [-0.15, -0.1) is 11.3 Å². The Labute approximate surface area is 171 Å². The van der Waals surface area contributed by atoms with Gasteiger partial charge in [-0.25, -0.2) is 9.98 Å². The van der Waals surface area contributed by atoms with Gasteiger partial charge in [0.25, 0.3) is 0 Å². The van der Waals surface area contributed by atoms with Crippen molar-refractivity contribution in [3.05, 3.63) is 33.8 Å². The van der Waals surface area contributed by atoms with Gasteiger partial charge in [0, 0.05) is 17.8 Å². The Morgan fingerprint density at radius 2 is 1.79 bits per heavy atom. The topological polar surface area (TPSA) is 77.0 Å². The van der Waals surface area contributed by atoms with Gasteiger partial charge in [-0.05, 0) is 24.6 Å². The number of nitrogens with one attached hydrogen (secondary N) is 2. The number of rotatable bonds is 9. The zero-order valence-electron chi connectivity index (χ0n) is 17.5. The molecule has 0 saturated heterocycles. The van der Waals surface area contributed by atoms with Crippen LogP contribution in [0, 0.1) is 0 Å². The maximum Gasteiger partial charge on any atom is 0.203 e. The molecule has 1 aromatic heterocycles. The number of methoxy groups -OCH3 is 3. The molecule has 0 spiro atoms. The summed E-state index contributed by atoms with van der Waals surface area (Å²) in [6.45, 7) is 8.22. The highest BCUT2D eigenvalue weighted by Crippen LogP contribution is 2.38. The van der Waals surface area contributed by atoms with Gasteiger partial charge in [-0.2, -0.15) is 0 Å². The highest BCUT2D eigenvalue weighted by molar-refractivity contribution is 7.09. The molecule has 8 heteroatoms. The molecular weight excluding hydrogens is 376 g/mol. The molecule has 7 nitrogen and oxygen atoms in total. The van der Waals surface area contributed by atoms with Crippen molar-refractivity contribution in [1.29, 1.82) is 0 Å². The summed E-state index contributed by atoms with van der Waals surface area (Å²) >= 11 is 1.69. The van der Waals surface area contributed by atoms with Crippen LogP contribution < -0.4 is 24.8 Å². The van der Waals surface area contributed by atoms with Crippen LogP contribution in [0.5, 0.6) is 17.2 Å². The molecule has 0 atom stereocenters. The van der Waals surface area contributed by atoms with E-state index in [9.17, 15) is 0 Å². The molecule has 1 aromatic carbocycles. The Morgan fingerprint density at radius 3 is 2.29 bits per heavy atom. The molecule has 0 saturated carbocycles. The van der Waals surface area contributed by atoms with Crippen molar-refractivity contribution >= 4 is 17.3 Å². The van der Waals surface area contributed by atoms with Crippen molar-refractivity contribution in [2.24, 2.45) is 4.99 Å². The molecule has 0 unspecified atom stereocenters. The average Bonchev–Trinajstić information content (AvgIpc) is 3.18. The normalized spacial score (nSPS) is 11.5. The maximum absolute atomic E-state index is 5.41. The molecule has 0 fully saturated rings. The minimum atomic E-state index is 0.445. The molecule has 0 bridgehead atoms. The molecule has 154 valence electrons. The fraction of sp³-hybridized carbons (Fsp3) is 0.500. The predicted octanol–water partition coefficient (Wildman–Crippen LogP) is 3.55. The zero-order chi connectivity index (χ0) is 20.5. The van der Waals surface area contributed by atoms with Crippen molar-refractivity contribution in [2.75, 3.05) is 27.9 Å². The summed E-state index contributed by atoms with van der Waals surface area (Å²) in [6.07, 6.45) is 0. The zero-order valence-corrected chi connectivity index (χ0v) is 18.3. The number of benzene rings is 1. The summed E-state index contributed by atoms with van der Waals surface area (Å²) in [5, 5.41) is 9.83. The molecule has 28 heavy (non-hydrogen) atoms. The number of hydrogen-bond acceptors (Lipinski definition) is 6. The van der Waals surface area contributed by atoms with E-state index in [4.69, 9.17) is 14.2 Å². The number of ether oxygens (including phenoxy) is 3. The number of hydrogen-bond donors (Lipinski definition) is 2. The Morgan fingerprint density at radius 1 is 1.11 bits per heavy atom. The van der Waals surface area contributed by atoms with Gasteiger partial charge in [0.2, 0.25) is 5.75 Å². The smallest absolute Gasteiger partial charge is 0.203 e. The fourth-order valence-corrected chi connectivity index (χ4v) is 3.42. The third-order valence-electron chi connectivity index (χ3n) is 3.99. The lowest BCUT2D eigenvalue weighted by atomic mass is 10.2. The molecule has 2 rings (SSSR count). The molecule has 2 N–H and O–H groups in total. The van der Waals surface area contributed by atoms with Gasteiger partial charge in [-0.1, -0.05) is 13.8 Å². The van der Waals surface area contributed by atoms with E-state index < -0.39 is 0 Å². The van der Waals surface area contributed by atoms with Crippen LogP contribution in [0.25, 0.3) is 0 Å². The van der Waals surface area contributed by atoms with Gasteiger partial charge in [0.05, 0.1) is 45.1 Å². The second-order valence-electron chi connectivity index (χ2n) is 6.41. The van der Waals surface area contributed by atoms with Crippen LogP contribution in [-0.2, 0) is 13.1 Å². The summed E-state index contributed by atoms with van der Waals surface area (Å²) in [7, 11) is 4.80. The second-order valence-corrected chi connectivity index (χ2v) is 7.30. The highest BCUT2D eigenvalue weighted by Gasteiger charge is 2.13. The van der Waals surface area contributed by atoms with Crippen molar-refractivity contribution in [2.45, 2.75) is 39.8 Å². The lowest BCUT2D eigenvalue weighted by Crippen LogP contribution is -2.36. The first-order valence-corrected chi connectivity index (χ1v) is 10.2. The van der Waals surface area contributed by atoms with Gasteiger partial charge in [-0.3, -0.25) is 0 Å². The Balaban J connectivity index is 2.11. The van der Waals surface area contributed by atoms with Crippen molar-refractivity contribution < 1.29 is 14.2 Å². The summed E-state index contributed by atoms with van der Waals surface area (Å²) in [4.78, 5) is 9.32. The maximum atomic E-state index is 5.41. The van der Waals surface area contributed by atoms with E-state index in [2.05, 4.69) is 39.8 Å². The summed E-state index contributed by atoms with van der Waals surface area (Å²) < 4.78 is 16.2. The van der Waals surface area contributed by atoms with Crippen LogP contribution in [0.2, 0.25) is 0 Å². The molecule has 0 aliphatic rings. The van der Waals surface area contributed by atoms with Crippen molar-refractivity contribution in [1.82, 2.24) is 15.6 Å². The Hall–Kier alpha value is -2.48. The molecule has 1 heterocycles. The Bertz CT molecular complexity index is 765. The number of guanidine groups is 1. The minimum absolute atomic E-state index is 0.445.